The molecule has 116 valence electrons. The van der Waals surface area contributed by atoms with E-state index in [0.29, 0.717) is 23.7 Å². The monoisotopic (exact) mass is 310 g/mol. The van der Waals surface area contributed by atoms with Gasteiger partial charge in [-0.25, -0.2) is 0 Å². The second-order valence-corrected chi connectivity index (χ2v) is 6.53. The summed E-state index contributed by atoms with van der Waals surface area (Å²) in [5.74, 6) is -0.00308. The van der Waals surface area contributed by atoms with Crippen LogP contribution in [0.2, 0.25) is 5.02 Å². The molecule has 2 rings (SSSR count). The molecule has 21 heavy (non-hydrogen) atoms. The molecular weight excluding hydrogens is 288 g/mol. The number of nitrogens with one attached hydrogen (secondary N) is 1. The van der Waals surface area contributed by atoms with E-state index in [2.05, 4.69) is 5.32 Å². The SMILES string of the molecule is CCNc1ccc(Cl)cc1C(=O)N1CC(C)OC(C)(C)C1. The van der Waals surface area contributed by atoms with Crippen LogP contribution in [0.15, 0.2) is 18.2 Å². The van der Waals surface area contributed by atoms with E-state index in [-0.39, 0.29) is 17.6 Å². The van der Waals surface area contributed by atoms with Gasteiger partial charge in [-0.1, -0.05) is 11.6 Å². The molecule has 1 heterocycles. The first-order chi connectivity index (χ1) is 9.82. The number of hydrogen-bond donors (Lipinski definition) is 1. The molecule has 1 aromatic carbocycles. The van der Waals surface area contributed by atoms with E-state index in [1.807, 2.05) is 38.7 Å². The van der Waals surface area contributed by atoms with Gasteiger partial charge >= 0.3 is 0 Å². The second-order valence-electron chi connectivity index (χ2n) is 6.09. The van der Waals surface area contributed by atoms with Crippen LogP contribution >= 0.6 is 11.6 Å². The third kappa shape index (κ3) is 3.89. The van der Waals surface area contributed by atoms with Gasteiger partial charge in [-0.05, 0) is 45.9 Å². The molecular formula is C16H23ClN2O2. The van der Waals surface area contributed by atoms with Gasteiger partial charge in [0.2, 0.25) is 0 Å². The fourth-order valence-corrected chi connectivity index (χ4v) is 2.99. The minimum atomic E-state index is -0.329. The van der Waals surface area contributed by atoms with Crippen molar-refractivity contribution in [3.63, 3.8) is 0 Å². The molecule has 1 aromatic rings. The highest BCUT2D eigenvalue weighted by Crippen LogP contribution is 2.26. The zero-order valence-electron chi connectivity index (χ0n) is 13.1. The number of benzene rings is 1. The van der Waals surface area contributed by atoms with E-state index >= 15 is 0 Å². The standard InChI is InChI=1S/C16H23ClN2O2/c1-5-18-14-7-6-12(17)8-13(14)15(20)19-9-11(2)21-16(3,4)10-19/h6-8,11,18H,5,9-10H2,1-4H3. The van der Waals surface area contributed by atoms with Crippen molar-refractivity contribution in [2.45, 2.75) is 39.4 Å². The van der Waals surface area contributed by atoms with Crippen LogP contribution < -0.4 is 5.32 Å². The van der Waals surface area contributed by atoms with Gasteiger partial charge in [0, 0.05) is 30.3 Å². The Balaban J connectivity index is 2.29. The van der Waals surface area contributed by atoms with E-state index in [0.717, 1.165) is 12.2 Å². The second kappa shape index (κ2) is 6.24. The molecule has 1 aliphatic rings. The summed E-state index contributed by atoms with van der Waals surface area (Å²) in [6.07, 6.45) is 0.0273. The van der Waals surface area contributed by atoms with Crippen LogP contribution in [0.4, 0.5) is 5.69 Å². The summed E-state index contributed by atoms with van der Waals surface area (Å²) < 4.78 is 5.86. The molecule has 4 nitrogen and oxygen atoms in total. The summed E-state index contributed by atoms with van der Waals surface area (Å²) in [4.78, 5) is 14.7. The van der Waals surface area contributed by atoms with Crippen LogP contribution in [-0.4, -0.2) is 42.1 Å². The number of rotatable bonds is 3. The van der Waals surface area contributed by atoms with Gasteiger partial charge in [-0.15, -0.1) is 0 Å². The Hall–Kier alpha value is -1.26. The van der Waals surface area contributed by atoms with Crippen molar-refractivity contribution in [3.8, 4) is 0 Å². The Morgan fingerprint density at radius 3 is 2.86 bits per heavy atom. The predicted molar refractivity (Wildman–Crippen MR) is 86.1 cm³/mol. The molecule has 5 heteroatoms. The Morgan fingerprint density at radius 2 is 2.24 bits per heavy atom. The minimum Gasteiger partial charge on any atom is -0.385 e. The smallest absolute Gasteiger partial charge is 0.256 e. The normalized spacial score (nSPS) is 21.2. The van der Waals surface area contributed by atoms with Crippen molar-refractivity contribution in [1.29, 1.82) is 0 Å². The third-order valence-electron chi connectivity index (χ3n) is 3.44. The average molecular weight is 311 g/mol. The minimum absolute atomic E-state index is 0.00308. The molecule has 1 unspecified atom stereocenters. The zero-order chi connectivity index (χ0) is 15.6. The van der Waals surface area contributed by atoms with Crippen molar-refractivity contribution in [2.24, 2.45) is 0 Å². The molecule has 0 radical (unpaired) electrons. The van der Waals surface area contributed by atoms with Gasteiger partial charge < -0.3 is 15.0 Å². The number of carbonyl (C=O) groups is 1. The number of nitrogens with zero attached hydrogens (tertiary/aromatic N) is 1. The van der Waals surface area contributed by atoms with E-state index in [9.17, 15) is 4.79 Å². The molecule has 1 atom stereocenters. The third-order valence-corrected chi connectivity index (χ3v) is 3.67. The molecule has 0 bridgehead atoms. The van der Waals surface area contributed by atoms with Gasteiger partial charge in [-0.3, -0.25) is 4.79 Å². The molecule has 1 fully saturated rings. The zero-order valence-corrected chi connectivity index (χ0v) is 13.8. The van der Waals surface area contributed by atoms with Gasteiger partial charge in [-0.2, -0.15) is 0 Å². The Bertz CT molecular complexity index is 531. The highest BCUT2D eigenvalue weighted by Gasteiger charge is 2.34. The number of morpholine rings is 1. The predicted octanol–water partition coefficient (Wildman–Crippen LogP) is 3.41. The fraction of sp³-hybridized carbons (Fsp3) is 0.562. The lowest BCUT2D eigenvalue weighted by Crippen LogP contribution is -2.53. The summed E-state index contributed by atoms with van der Waals surface area (Å²) >= 11 is 6.06. The highest BCUT2D eigenvalue weighted by atomic mass is 35.5. The summed E-state index contributed by atoms with van der Waals surface area (Å²) in [7, 11) is 0. The molecule has 1 saturated heterocycles. The maximum absolute atomic E-state index is 12.9. The van der Waals surface area contributed by atoms with Crippen molar-refractivity contribution < 1.29 is 9.53 Å². The molecule has 0 aromatic heterocycles. The van der Waals surface area contributed by atoms with E-state index in [1.165, 1.54) is 0 Å². The summed E-state index contributed by atoms with van der Waals surface area (Å²) in [5.41, 5.74) is 1.11. The highest BCUT2D eigenvalue weighted by molar-refractivity contribution is 6.31. The fourth-order valence-electron chi connectivity index (χ4n) is 2.82. The molecule has 0 aliphatic carbocycles. The van der Waals surface area contributed by atoms with Crippen molar-refractivity contribution in [3.05, 3.63) is 28.8 Å². The van der Waals surface area contributed by atoms with Crippen LogP contribution in [0.25, 0.3) is 0 Å². The van der Waals surface area contributed by atoms with Crippen molar-refractivity contribution >= 4 is 23.2 Å². The maximum Gasteiger partial charge on any atom is 0.256 e. The largest absolute Gasteiger partial charge is 0.385 e. The number of halogens is 1. The Labute approximate surface area is 131 Å². The van der Waals surface area contributed by atoms with Gasteiger partial charge in [0.05, 0.1) is 17.3 Å². The van der Waals surface area contributed by atoms with Crippen LogP contribution in [0.3, 0.4) is 0 Å². The Kier molecular flexibility index (Phi) is 4.79. The van der Waals surface area contributed by atoms with E-state index in [1.54, 1.807) is 12.1 Å². The lowest BCUT2D eigenvalue weighted by molar-refractivity contribution is -0.118. The van der Waals surface area contributed by atoms with Crippen molar-refractivity contribution in [2.75, 3.05) is 25.0 Å². The number of ether oxygens (including phenoxy) is 1. The van der Waals surface area contributed by atoms with E-state index < -0.39 is 0 Å². The van der Waals surface area contributed by atoms with E-state index in [4.69, 9.17) is 16.3 Å². The molecule has 1 amide bonds. The summed E-state index contributed by atoms with van der Waals surface area (Å²) in [5, 5.41) is 3.79. The molecule has 0 spiro atoms. The molecule has 1 N–H and O–H groups in total. The number of carbonyl (C=O) groups excluding carboxylic acids is 1. The first-order valence-corrected chi connectivity index (χ1v) is 7.70. The number of amides is 1. The van der Waals surface area contributed by atoms with Crippen LogP contribution in [0.5, 0.6) is 0 Å². The Morgan fingerprint density at radius 1 is 1.52 bits per heavy atom. The maximum atomic E-state index is 12.9. The molecule has 1 aliphatic heterocycles. The first kappa shape index (κ1) is 16.1. The summed E-state index contributed by atoms with van der Waals surface area (Å²) in [6, 6.07) is 5.38. The first-order valence-electron chi connectivity index (χ1n) is 7.33. The van der Waals surface area contributed by atoms with Crippen molar-refractivity contribution in [1.82, 2.24) is 4.90 Å². The molecule has 0 saturated carbocycles. The lowest BCUT2D eigenvalue weighted by atomic mass is 10.0. The van der Waals surface area contributed by atoms with Gasteiger partial charge in [0.1, 0.15) is 0 Å². The van der Waals surface area contributed by atoms with Crippen LogP contribution in [0.1, 0.15) is 38.1 Å². The van der Waals surface area contributed by atoms with Gasteiger partial charge in [0.25, 0.3) is 5.91 Å². The quantitative estimate of drug-likeness (QED) is 0.930. The average Bonchev–Trinajstić information content (AvgIpc) is 2.38. The lowest BCUT2D eigenvalue weighted by Gasteiger charge is -2.41. The van der Waals surface area contributed by atoms with Crippen LogP contribution in [0, 0.1) is 0 Å². The topological polar surface area (TPSA) is 41.6 Å². The number of hydrogen-bond acceptors (Lipinski definition) is 3. The summed E-state index contributed by atoms with van der Waals surface area (Å²) in [6.45, 7) is 9.94. The number of anilines is 1. The van der Waals surface area contributed by atoms with Gasteiger partial charge in [0.15, 0.2) is 0 Å². The van der Waals surface area contributed by atoms with Crippen LogP contribution in [-0.2, 0) is 4.74 Å².